The van der Waals surface area contributed by atoms with E-state index in [2.05, 4.69) is 28.2 Å². The highest BCUT2D eigenvalue weighted by atomic mass is 16.3. The number of aryl methyl sites for hydroxylation is 1. The number of hydrogen-bond donors (Lipinski definition) is 1. The van der Waals surface area contributed by atoms with Gasteiger partial charge in [-0.05, 0) is 67.9 Å². The number of nitrogens with zero attached hydrogens (tertiary/aromatic N) is 7. The van der Waals surface area contributed by atoms with Crippen LogP contribution in [-0.2, 0) is 32.2 Å². The Kier molecular flexibility index (Phi) is 7.25. The predicted molar refractivity (Wildman–Crippen MR) is 160 cm³/mol. The molecule has 1 unspecified atom stereocenters. The first-order valence-electron chi connectivity index (χ1n) is 14.6. The lowest BCUT2D eigenvalue weighted by atomic mass is 9.92. The van der Waals surface area contributed by atoms with Gasteiger partial charge >= 0.3 is 0 Å². The number of hydrogen-bond acceptors (Lipinski definition) is 6. The molecule has 0 radical (unpaired) electrons. The van der Waals surface area contributed by atoms with Crippen molar-refractivity contribution in [2.75, 3.05) is 0 Å². The molecule has 9 heteroatoms. The minimum Gasteiger partial charge on any atom is -0.389 e. The third-order valence-corrected chi connectivity index (χ3v) is 8.11. The second-order valence-electron chi connectivity index (χ2n) is 11.8. The van der Waals surface area contributed by atoms with Crippen molar-refractivity contribution in [1.29, 1.82) is 5.26 Å². The summed E-state index contributed by atoms with van der Waals surface area (Å²) >= 11 is 0. The van der Waals surface area contributed by atoms with E-state index < -0.39 is 5.60 Å². The first-order chi connectivity index (χ1) is 20.3. The molecule has 1 atom stereocenters. The fourth-order valence-corrected chi connectivity index (χ4v) is 6.21. The molecule has 214 valence electrons. The van der Waals surface area contributed by atoms with Gasteiger partial charge in [-0.3, -0.25) is 14.0 Å². The Morgan fingerprint density at radius 1 is 1.12 bits per heavy atom. The Bertz CT molecular complexity index is 1850. The largest absolute Gasteiger partial charge is 0.389 e. The van der Waals surface area contributed by atoms with Crippen LogP contribution in [0.25, 0.3) is 16.9 Å². The number of aliphatic hydroxyl groups is 1. The minimum atomic E-state index is -0.859. The molecule has 0 amide bonds. The van der Waals surface area contributed by atoms with Crippen LogP contribution in [0.1, 0.15) is 73.3 Å². The van der Waals surface area contributed by atoms with Gasteiger partial charge in [0.2, 0.25) is 5.78 Å². The van der Waals surface area contributed by atoms with Crippen LogP contribution in [0.3, 0.4) is 0 Å². The quantitative estimate of drug-likeness (QED) is 0.295. The highest BCUT2D eigenvalue weighted by molar-refractivity contribution is 5.70. The van der Waals surface area contributed by atoms with Crippen molar-refractivity contribution in [1.82, 2.24) is 28.9 Å². The first kappa shape index (κ1) is 27.6. The lowest BCUT2D eigenvalue weighted by Crippen LogP contribution is -2.35. The molecule has 0 saturated carbocycles. The van der Waals surface area contributed by atoms with Crippen LogP contribution >= 0.6 is 0 Å². The monoisotopic (exact) mass is 561 g/mol. The second-order valence-corrected chi connectivity index (χ2v) is 11.8. The van der Waals surface area contributed by atoms with Gasteiger partial charge in [-0.1, -0.05) is 55.8 Å². The predicted octanol–water partition coefficient (Wildman–Crippen LogP) is 4.67. The Morgan fingerprint density at radius 2 is 1.90 bits per heavy atom. The molecule has 0 spiro atoms. The van der Waals surface area contributed by atoms with Crippen LogP contribution in [0.15, 0.2) is 65.8 Å². The molecular weight excluding hydrogens is 526 g/mol. The topological polar surface area (TPSA) is 114 Å². The highest BCUT2D eigenvalue weighted by Crippen LogP contribution is 2.31. The normalized spacial score (nSPS) is 15.1. The van der Waals surface area contributed by atoms with Crippen molar-refractivity contribution in [2.45, 2.75) is 77.5 Å². The first-order valence-corrected chi connectivity index (χ1v) is 14.6. The SMILES string of the molecule is CCCc1c(Cc2ccc(-c3ccccc3C#N)cc2)c(=O)n(C2CCc3c(cnn3CC(C)(C)O)C2)c2ncnn12. The van der Waals surface area contributed by atoms with E-state index in [1.54, 1.807) is 13.8 Å². The fraction of sp³-hybridized carbons (Fsp3) is 0.364. The highest BCUT2D eigenvalue weighted by Gasteiger charge is 2.29. The number of nitriles is 1. The summed E-state index contributed by atoms with van der Waals surface area (Å²) in [7, 11) is 0. The van der Waals surface area contributed by atoms with Gasteiger partial charge in [0.25, 0.3) is 5.56 Å². The molecule has 0 bridgehead atoms. The Morgan fingerprint density at radius 3 is 2.64 bits per heavy atom. The van der Waals surface area contributed by atoms with Gasteiger partial charge in [0, 0.05) is 23.7 Å². The lowest BCUT2D eigenvalue weighted by molar-refractivity contribution is 0.0566. The summed E-state index contributed by atoms with van der Waals surface area (Å²) in [5.74, 6) is 0.577. The maximum Gasteiger partial charge on any atom is 0.259 e. The molecular formula is C33H35N7O2. The van der Waals surface area contributed by atoms with Crippen molar-refractivity contribution >= 4 is 5.78 Å². The molecule has 42 heavy (non-hydrogen) atoms. The average molecular weight is 562 g/mol. The maximum absolute atomic E-state index is 14.3. The molecule has 1 N–H and O–H groups in total. The van der Waals surface area contributed by atoms with Crippen molar-refractivity contribution < 1.29 is 5.11 Å². The summed E-state index contributed by atoms with van der Waals surface area (Å²) < 4.78 is 5.59. The third kappa shape index (κ3) is 5.14. The van der Waals surface area contributed by atoms with Gasteiger partial charge in [0.1, 0.15) is 6.33 Å². The van der Waals surface area contributed by atoms with Crippen molar-refractivity contribution in [3.05, 3.63) is 105 Å². The Hall–Kier alpha value is -4.55. The van der Waals surface area contributed by atoms with Crippen LogP contribution < -0.4 is 5.56 Å². The average Bonchev–Trinajstić information content (AvgIpc) is 3.61. The smallest absolute Gasteiger partial charge is 0.259 e. The summed E-state index contributed by atoms with van der Waals surface area (Å²) in [5, 5.41) is 29.0. The number of fused-ring (bicyclic) bond motifs is 2. The molecule has 2 aromatic carbocycles. The van der Waals surface area contributed by atoms with Gasteiger partial charge in [-0.25, -0.2) is 4.52 Å². The van der Waals surface area contributed by atoms with Gasteiger partial charge in [-0.2, -0.15) is 20.4 Å². The van der Waals surface area contributed by atoms with E-state index in [-0.39, 0.29) is 11.6 Å². The summed E-state index contributed by atoms with van der Waals surface area (Å²) in [4.78, 5) is 18.9. The third-order valence-electron chi connectivity index (χ3n) is 8.11. The molecule has 1 aliphatic rings. The molecule has 0 saturated heterocycles. The molecule has 9 nitrogen and oxygen atoms in total. The van der Waals surface area contributed by atoms with E-state index in [1.165, 1.54) is 6.33 Å². The van der Waals surface area contributed by atoms with Crippen LogP contribution in [-0.4, -0.2) is 39.7 Å². The van der Waals surface area contributed by atoms with Crippen LogP contribution in [0, 0.1) is 11.3 Å². The van der Waals surface area contributed by atoms with Gasteiger partial charge < -0.3 is 5.11 Å². The zero-order valence-electron chi connectivity index (χ0n) is 24.3. The molecule has 0 fully saturated rings. The van der Waals surface area contributed by atoms with E-state index in [9.17, 15) is 15.2 Å². The van der Waals surface area contributed by atoms with E-state index >= 15 is 0 Å². The zero-order chi connectivity index (χ0) is 29.4. The lowest BCUT2D eigenvalue weighted by Gasteiger charge is -2.27. The summed E-state index contributed by atoms with van der Waals surface area (Å²) in [5.41, 5.74) is 6.52. The van der Waals surface area contributed by atoms with Gasteiger partial charge in [0.15, 0.2) is 0 Å². The summed E-state index contributed by atoms with van der Waals surface area (Å²) in [6.07, 6.45) is 7.69. The number of benzene rings is 2. The van der Waals surface area contributed by atoms with Crippen LogP contribution in [0.5, 0.6) is 0 Å². The fourth-order valence-electron chi connectivity index (χ4n) is 6.21. The molecule has 5 aromatic rings. The summed E-state index contributed by atoms with van der Waals surface area (Å²) in [6.45, 7) is 6.10. The standard InChI is InChI=1S/C33H35N7O2/c1-4-7-30-28(16-22-10-12-23(13-11-22)27-9-6-5-8-24(27)18-34)31(41)39(32-35-21-37-40(30)32)26-14-15-29-25(17-26)19-36-38(29)20-33(2,3)42/h5-6,8-13,19,21,26,42H,4,7,14-17,20H2,1-3H3. The van der Waals surface area contributed by atoms with Crippen molar-refractivity contribution in [3.63, 3.8) is 0 Å². The maximum atomic E-state index is 14.3. The number of aromatic nitrogens is 6. The van der Waals surface area contributed by atoms with E-state index in [0.717, 1.165) is 64.9 Å². The Labute approximate surface area is 244 Å². The second kappa shape index (κ2) is 11.0. The van der Waals surface area contributed by atoms with Crippen molar-refractivity contribution in [3.8, 4) is 17.2 Å². The number of rotatable bonds is 8. The van der Waals surface area contributed by atoms with Crippen molar-refractivity contribution in [2.24, 2.45) is 0 Å². The molecule has 3 aromatic heterocycles. The molecule has 1 aliphatic carbocycles. The van der Waals surface area contributed by atoms with E-state index in [4.69, 9.17) is 0 Å². The van der Waals surface area contributed by atoms with Gasteiger partial charge in [-0.15, -0.1) is 0 Å². The minimum absolute atomic E-state index is 0.0183. The Balaban J connectivity index is 1.37. The molecule has 6 rings (SSSR count). The molecule has 0 aliphatic heterocycles. The van der Waals surface area contributed by atoms with Crippen LogP contribution in [0.4, 0.5) is 0 Å². The van der Waals surface area contributed by atoms with E-state index in [1.807, 2.05) is 68.5 Å². The summed E-state index contributed by atoms with van der Waals surface area (Å²) in [6, 6.07) is 17.9. The van der Waals surface area contributed by atoms with Gasteiger partial charge in [0.05, 0.1) is 35.7 Å². The van der Waals surface area contributed by atoms with Crippen LogP contribution in [0.2, 0.25) is 0 Å². The zero-order valence-corrected chi connectivity index (χ0v) is 24.3. The van der Waals surface area contributed by atoms with E-state index in [0.29, 0.717) is 30.7 Å². The molecule has 3 heterocycles.